The van der Waals surface area contributed by atoms with E-state index < -0.39 is 0 Å². The summed E-state index contributed by atoms with van der Waals surface area (Å²) in [6.07, 6.45) is 1.15. The molecule has 0 aromatic carbocycles. The highest BCUT2D eigenvalue weighted by atomic mass is 35.5. The van der Waals surface area contributed by atoms with Gasteiger partial charge in [0.15, 0.2) is 0 Å². The summed E-state index contributed by atoms with van der Waals surface area (Å²) in [6.45, 7) is 0.738. The van der Waals surface area contributed by atoms with Gasteiger partial charge in [0.1, 0.15) is 10.3 Å². The van der Waals surface area contributed by atoms with Crippen LogP contribution in [0.5, 0.6) is 0 Å². The van der Waals surface area contributed by atoms with Gasteiger partial charge in [0, 0.05) is 0 Å². The molecule has 1 fully saturated rings. The van der Waals surface area contributed by atoms with Gasteiger partial charge in [-0.05, 0) is 42.5 Å². The van der Waals surface area contributed by atoms with E-state index in [2.05, 4.69) is 4.98 Å². The van der Waals surface area contributed by atoms with Crippen molar-refractivity contribution >= 4 is 23.2 Å². The normalized spacial score (nSPS) is 26.1. The average molecular weight is 217 g/mol. The smallest absolute Gasteiger partial charge is 0.131 e. The summed E-state index contributed by atoms with van der Waals surface area (Å²) >= 11 is 11.6. The van der Waals surface area contributed by atoms with E-state index in [0.717, 1.165) is 13.0 Å². The predicted molar refractivity (Wildman–Crippen MR) is 54.2 cm³/mol. The van der Waals surface area contributed by atoms with E-state index in [1.54, 1.807) is 0 Å². The van der Waals surface area contributed by atoms with Crippen LogP contribution >= 0.6 is 23.2 Å². The monoisotopic (exact) mass is 216 g/mol. The number of hydrogen-bond donors (Lipinski definition) is 1. The molecule has 1 aromatic rings. The summed E-state index contributed by atoms with van der Waals surface area (Å²) in [6, 6.07) is 3.74. The zero-order valence-electron chi connectivity index (χ0n) is 7.00. The maximum Gasteiger partial charge on any atom is 0.131 e. The Labute approximate surface area is 87.1 Å². The molecule has 0 aliphatic heterocycles. The highest BCUT2D eigenvalue weighted by molar-refractivity contribution is 6.32. The summed E-state index contributed by atoms with van der Waals surface area (Å²) in [7, 11) is 0. The molecule has 1 aliphatic rings. The second-order valence-electron chi connectivity index (χ2n) is 3.38. The minimum atomic E-state index is 0.463. The molecule has 70 valence electrons. The lowest BCUT2D eigenvalue weighted by Gasteiger charge is -2.00. The lowest BCUT2D eigenvalue weighted by atomic mass is 10.1. The van der Waals surface area contributed by atoms with Crippen molar-refractivity contribution in [2.75, 3.05) is 6.54 Å². The summed E-state index contributed by atoms with van der Waals surface area (Å²) < 4.78 is 0. The van der Waals surface area contributed by atoms with Crippen molar-refractivity contribution < 1.29 is 0 Å². The zero-order chi connectivity index (χ0) is 9.42. The Hall–Kier alpha value is -0.310. The van der Waals surface area contributed by atoms with Gasteiger partial charge in [0.25, 0.3) is 0 Å². The third-order valence-electron chi connectivity index (χ3n) is 2.44. The third-order valence-corrected chi connectivity index (χ3v) is 2.83. The molecule has 0 saturated heterocycles. The van der Waals surface area contributed by atoms with E-state index in [0.29, 0.717) is 22.1 Å². The van der Waals surface area contributed by atoms with Crippen molar-refractivity contribution in [3.05, 3.63) is 28.0 Å². The van der Waals surface area contributed by atoms with Gasteiger partial charge >= 0.3 is 0 Å². The molecule has 2 atom stereocenters. The maximum atomic E-state index is 5.79. The minimum absolute atomic E-state index is 0.463. The molecule has 4 heteroatoms. The highest BCUT2D eigenvalue weighted by Gasteiger charge is 2.37. The maximum absolute atomic E-state index is 5.79. The van der Waals surface area contributed by atoms with Gasteiger partial charge < -0.3 is 5.73 Å². The van der Waals surface area contributed by atoms with Crippen LogP contribution in [-0.4, -0.2) is 11.5 Å². The number of aromatic nitrogens is 1. The summed E-state index contributed by atoms with van der Waals surface area (Å²) in [5.41, 5.74) is 6.72. The minimum Gasteiger partial charge on any atom is -0.330 e. The molecular weight excluding hydrogens is 207 g/mol. The molecular formula is C9H10Cl2N2. The lowest BCUT2D eigenvalue weighted by molar-refractivity contribution is 0.809. The predicted octanol–water partition coefficient (Wildman–Crippen LogP) is 2.45. The Balaban J connectivity index is 2.22. The Morgan fingerprint density at radius 1 is 1.38 bits per heavy atom. The molecule has 2 N–H and O–H groups in total. The first-order chi connectivity index (χ1) is 6.20. The van der Waals surface area contributed by atoms with Crippen LogP contribution in [0.4, 0.5) is 0 Å². The van der Waals surface area contributed by atoms with Gasteiger partial charge in [0.2, 0.25) is 0 Å². The molecule has 1 aromatic heterocycles. The Kier molecular flexibility index (Phi) is 2.45. The van der Waals surface area contributed by atoms with Crippen molar-refractivity contribution in [2.24, 2.45) is 11.7 Å². The van der Waals surface area contributed by atoms with E-state index in [-0.39, 0.29) is 0 Å². The molecule has 13 heavy (non-hydrogen) atoms. The van der Waals surface area contributed by atoms with Crippen molar-refractivity contribution in [3.8, 4) is 0 Å². The topological polar surface area (TPSA) is 38.9 Å². The Bertz CT molecular complexity index is 307. The first-order valence-electron chi connectivity index (χ1n) is 4.23. The van der Waals surface area contributed by atoms with E-state index in [1.165, 1.54) is 5.56 Å². The van der Waals surface area contributed by atoms with Gasteiger partial charge in [-0.15, -0.1) is 0 Å². The molecule has 0 spiro atoms. The molecule has 1 heterocycles. The second kappa shape index (κ2) is 3.45. The van der Waals surface area contributed by atoms with Crippen LogP contribution in [0.1, 0.15) is 17.9 Å². The molecule has 1 saturated carbocycles. The van der Waals surface area contributed by atoms with E-state index in [9.17, 15) is 0 Å². The summed E-state index contributed by atoms with van der Waals surface area (Å²) in [5, 5.41) is 0.926. The number of nitrogens with zero attached hydrogens (tertiary/aromatic N) is 1. The largest absolute Gasteiger partial charge is 0.330 e. The number of rotatable bonds is 2. The zero-order valence-corrected chi connectivity index (χ0v) is 8.52. The fourth-order valence-electron chi connectivity index (χ4n) is 1.61. The fraction of sp³-hybridized carbons (Fsp3) is 0.444. The number of nitrogens with two attached hydrogens (primary N) is 1. The molecule has 2 rings (SSSR count). The van der Waals surface area contributed by atoms with Crippen LogP contribution in [0.25, 0.3) is 0 Å². The van der Waals surface area contributed by atoms with E-state index in [4.69, 9.17) is 28.9 Å². The van der Waals surface area contributed by atoms with Crippen LogP contribution < -0.4 is 5.73 Å². The first kappa shape index (κ1) is 9.25. The van der Waals surface area contributed by atoms with Crippen LogP contribution in [0, 0.1) is 5.92 Å². The molecule has 0 amide bonds. The lowest BCUT2D eigenvalue weighted by Crippen LogP contribution is -2.02. The van der Waals surface area contributed by atoms with E-state index >= 15 is 0 Å². The summed E-state index contributed by atoms with van der Waals surface area (Å²) in [4.78, 5) is 3.89. The summed E-state index contributed by atoms with van der Waals surface area (Å²) in [5.74, 6) is 1.15. The molecule has 0 bridgehead atoms. The Morgan fingerprint density at radius 3 is 2.46 bits per heavy atom. The van der Waals surface area contributed by atoms with Gasteiger partial charge in [-0.2, -0.15) is 0 Å². The van der Waals surface area contributed by atoms with Gasteiger partial charge in [-0.25, -0.2) is 4.98 Å². The van der Waals surface area contributed by atoms with E-state index in [1.807, 2.05) is 12.1 Å². The van der Waals surface area contributed by atoms with Crippen LogP contribution in [-0.2, 0) is 0 Å². The number of halogens is 2. The van der Waals surface area contributed by atoms with Gasteiger partial charge in [0.05, 0.1) is 0 Å². The van der Waals surface area contributed by atoms with Gasteiger partial charge in [-0.3, -0.25) is 0 Å². The van der Waals surface area contributed by atoms with Crippen LogP contribution in [0.15, 0.2) is 12.1 Å². The fourth-order valence-corrected chi connectivity index (χ4v) is 2.09. The number of pyridine rings is 1. The van der Waals surface area contributed by atoms with Crippen molar-refractivity contribution in [3.63, 3.8) is 0 Å². The Morgan fingerprint density at radius 2 is 2.00 bits per heavy atom. The number of hydrogen-bond acceptors (Lipinski definition) is 2. The SMILES string of the molecule is NC[C@@H]1C[C@H]1c1cc(Cl)nc(Cl)c1. The van der Waals surface area contributed by atoms with Crippen molar-refractivity contribution in [1.29, 1.82) is 0 Å². The van der Waals surface area contributed by atoms with Crippen molar-refractivity contribution in [2.45, 2.75) is 12.3 Å². The third kappa shape index (κ3) is 1.96. The van der Waals surface area contributed by atoms with Crippen molar-refractivity contribution in [1.82, 2.24) is 4.98 Å². The average Bonchev–Trinajstić information content (AvgIpc) is 2.80. The molecule has 1 aliphatic carbocycles. The van der Waals surface area contributed by atoms with Gasteiger partial charge in [-0.1, -0.05) is 23.2 Å². The molecule has 0 unspecified atom stereocenters. The quantitative estimate of drug-likeness (QED) is 0.772. The molecule has 2 nitrogen and oxygen atoms in total. The second-order valence-corrected chi connectivity index (χ2v) is 4.16. The molecule has 0 radical (unpaired) electrons. The van der Waals surface area contributed by atoms with Crippen LogP contribution in [0.2, 0.25) is 10.3 Å². The van der Waals surface area contributed by atoms with Crippen LogP contribution in [0.3, 0.4) is 0 Å². The standard InChI is InChI=1S/C9H10Cl2N2/c10-8-2-5(3-9(11)13-8)7-1-6(7)4-12/h2-3,6-7H,1,4,12H2/t6-,7-/m0/s1. The highest BCUT2D eigenvalue weighted by Crippen LogP contribution is 2.47. The first-order valence-corrected chi connectivity index (χ1v) is 4.99.